The maximum atomic E-state index is 12.2. The standard InChI is InChI=1S/C15H17N3O/c1-10-9-16-8-7-11(10)14-17-13-6-4-2-3-5-12(13)15(19)18-14/h7-9H,2-6H2,1H3,(H,17,18,19). The average Bonchev–Trinajstić information content (AvgIpc) is 2.65. The number of nitrogens with one attached hydrogen (secondary N) is 1. The van der Waals surface area contributed by atoms with Gasteiger partial charge in [0.2, 0.25) is 0 Å². The molecule has 3 rings (SSSR count). The normalized spacial score (nSPS) is 14.8. The number of nitrogens with zero attached hydrogens (tertiary/aromatic N) is 2. The zero-order valence-corrected chi connectivity index (χ0v) is 11.1. The predicted octanol–water partition coefficient (Wildman–Crippen LogP) is 2.41. The van der Waals surface area contributed by atoms with Gasteiger partial charge in [0.05, 0.1) is 5.69 Å². The molecule has 2 aromatic rings. The van der Waals surface area contributed by atoms with E-state index in [1.807, 2.05) is 13.0 Å². The second-order valence-corrected chi connectivity index (χ2v) is 5.09. The molecule has 19 heavy (non-hydrogen) atoms. The number of fused-ring (bicyclic) bond motifs is 1. The van der Waals surface area contributed by atoms with Crippen LogP contribution in [0.3, 0.4) is 0 Å². The topological polar surface area (TPSA) is 58.6 Å². The summed E-state index contributed by atoms with van der Waals surface area (Å²) in [6.07, 6.45) is 8.68. The highest BCUT2D eigenvalue weighted by atomic mass is 16.1. The lowest BCUT2D eigenvalue weighted by molar-refractivity contribution is 0.708. The first kappa shape index (κ1) is 12.1. The third-order valence-electron chi connectivity index (χ3n) is 3.72. The summed E-state index contributed by atoms with van der Waals surface area (Å²) in [6, 6.07) is 1.90. The van der Waals surface area contributed by atoms with Crippen LogP contribution in [-0.2, 0) is 12.8 Å². The van der Waals surface area contributed by atoms with Crippen LogP contribution in [0.25, 0.3) is 11.4 Å². The molecular formula is C15H17N3O. The first-order valence-corrected chi connectivity index (χ1v) is 6.79. The van der Waals surface area contributed by atoms with Crippen LogP contribution in [0, 0.1) is 6.92 Å². The van der Waals surface area contributed by atoms with Gasteiger partial charge in [-0.1, -0.05) is 6.42 Å². The molecule has 0 fully saturated rings. The molecule has 0 aromatic carbocycles. The van der Waals surface area contributed by atoms with Crippen LogP contribution in [0.2, 0.25) is 0 Å². The molecule has 0 aliphatic heterocycles. The van der Waals surface area contributed by atoms with Crippen molar-refractivity contribution in [3.63, 3.8) is 0 Å². The monoisotopic (exact) mass is 255 g/mol. The van der Waals surface area contributed by atoms with Crippen molar-refractivity contribution in [2.24, 2.45) is 0 Å². The van der Waals surface area contributed by atoms with Gasteiger partial charge < -0.3 is 4.98 Å². The minimum absolute atomic E-state index is 0.0260. The van der Waals surface area contributed by atoms with Gasteiger partial charge in [-0.15, -0.1) is 0 Å². The maximum Gasteiger partial charge on any atom is 0.254 e. The number of aromatic amines is 1. The number of H-pyrrole nitrogens is 1. The van der Waals surface area contributed by atoms with Crippen LogP contribution in [0.1, 0.15) is 36.1 Å². The molecule has 2 heterocycles. The second kappa shape index (κ2) is 4.96. The molecule has 1 aliphatic carbocycles. The smallest absolute Gasteiger partial charge is 0.254 e. The molecule has 0 radical (unpaired) electrons. The van der Waals surface area contributed by atoms with E-state index >= 15 is 0 Å². The van der Waals surface area contributed by atoms with Crippen molar-refractivity contribution >= 4 is 0 Å². The fraction of sp³-hybridized carbons (Fsp3) is 0.400. The molecule has 0 unspecified atom stereocenters. The zero-order valence-electron chi connectivity index (χ0n) is 11.1. The van der Waals surface area contributed by atoms with E-state index in [9.17, 15) is 4.79 Å². The molecule has 4 heteroatoms. The second-order valence-electron chi connectivity index (χ2n) is 5.09. The van der Waals surface area contributed by atoms with Crippen LogP contribution in [0.5, 0.6) is 0 Å². The van der Waals surface area contributed by atoms with Gasteiger partial charge in [-0.25, -0.2) is 4.98 Å². The van der Waals surface area contributed by atoms with E-state index in [-0.39, 0.29) is 5.56 Å². The van der Waals surface area contributed by atoms with E-state index in [0.717, 1.165) is 48.1 Å². The molecule has 98 valence electrons. The van der Waals surface area contributed by atoms with Gasteiger partial charge in [0.25, 0.3) is 5.56 Å². The summed E-state index contributed by atoms with van der Waals surface area (Å²) >= 11 is 0. The molecule has 0 amide bonds. The number of pyridine rings is 1. The zero-order chi connectivity index (χ0) is 13.2. The molecule has 1 aliphatic rings. The molecule has 0 saturated heterocycles. The molecule has 1 N–H and O–H groups in total. The first-order chi connectivity index (χ1) is 9.25. The molecule has 0 bridgehead atoms. The van der Waals surface area contributed by atoms with Crippen molar-refractivity contribution in [3.05, 3.63) is 45.6 Å². The Balaban J connectivity index is 2.15. The predicted molar refractivity (Wildman–Crippen MR) is 74.1 cm³/mol. The largest absolute Gasteiger partial charge is 0.306 e. The molecule has 0 atom stereocenters. The van der Waals surface area contributed by atoms with Crippen LogP contribution in [0.15, 0.2) is 23.3 Å². The van der Waals surface area contributed by atoms with Gasteiger partial charge in [-0.3, -0.25) is 9.78 Å². The Kier molecular flexibility index (Phi) is 3.15. The third-order valence-corrected chi connectivity index (χ3v) is 3.72. The number of hydrogen-bond donors (Lipinski definition) is 1. The molecule has 0 saturated carbocycles. The van der Waals surface area contributed by atoms with E-state index in [4.69, 9.17) is 0 Å². The minimum atomic E-state index is 0.0260. The fourth-order valence-electron chi connectivity index (χ4n) is 2.65. The quantitative estimate of drug-likeness (QED) is 0.796. The Bertz CT molecular complexity index is 661. The highest BCUT2D eigenvalue weighted by Gasteiger charge is 2.15. The Morgan fingerprint density at radius 3 is 2.89 bits per heavy atom. The molecule has 0 spiro atoms. The lowest BCUT2D eigenvalue weighted by atomic mass is 10.1. The van der Waals surface area contributed by atoms with Crippen molar-refractivity contribution in [2.45, 2.75) is 39.0 Å². The van der Waals surface area contributed by atoms with E-state index in [1.54, 1.807) is 12.4 Å². The van der Waals surface area contributed by atoms with Crippen molar-refractivity contribution in [2.75, 3.05) is 0 Å². The molecular weight excluding hydrogens is 238 g/mol. The Hall–Kier alpha value is -1.97. The van der Waals surface area contributed by atoms with Crippen molar-refractivity contribution in [1.29, 1.82) is 0 Å². The Morgan fingerprint density at radius 2 is 2.05 bits per heavy atom. The van der Waals surface area contributed by atoms with Gasteiger partial charge >= 0.3 is 0 Å². The number of aryl methyl sites for hydroxylation is 2. The fourth-order valence-corrected chi connectivity index (χ4v) is 2.65. The summed E-state index contributed by atoms with van der Waals surface area (Å²) in [5.41, 5.74) is 3.87. The Labute approximate surface area is 111 Å². The number of rotatable bonds is 1. The molecule has 2 aromatic heterocycles. The summed E-state index contributed by atoms with van der Waals surface area (Å²) in [5, 5.41) is 0. The SMILES string of the molecule is Cc1cnccc1-c1nc2c(c(=O)[nH]1)CCCCC2. The highest BCUT2D eigenvalue weighted by molar-refractivity contribution is 5.58. The molecule has 4 nitrogen and oxygen atoms in total. The van der Waals surface area contributed by atoms with Crippen molar-refractivity contribution < 1.29 is 0 Å². The van der Waals surface area contributed by atoms with E-state index in [1.165, 1.54) is 6.42 Å². The first-order valence-electron chi connectivity index (χ1n) is 6.79. The summed E-state index contributed by atoms with van der Waals surface area (Å²) in [6.45, 7) is 1.98. The van der Waals surface area contributed by atoms with Crippen LogP contribution in [0.4, 0.5) is 0 Å². The van der Waals surface area contributed by atoms with Gasteiger partial charge in [0.1, 0.15) is 5.82 Å². The van der Waals surface area contributed by atoms with E-state index < -0.39 is 0 Å². The maximum absolute atomic E-state index is 12.2. The van der Waals surface area contributed by atoms with E-state index in [0.29, 0.717) is 5.82 Å². The van der Waals surface area contributed by atoms with Crippen LogP contribution >= 0.6 is 0 Å². The van der Waals surface area contributed by atoms with Gasteiger partial charge in [-0.2, -0.15) is 0 Å². The summed E-state index contributed by atoms with van der Waals surface area (Å²) < 4.78 is 0. The lowest BCUT2D eigenvalue weighted by Crippen LogP contribution is -2.18. The summed E-state index contributed by atoms with van der Waals surface area (Å²) in [4.78, 5) is 23.9. The number of hydrogen-bond acceptors (Lipinski definition) is 3. The summed E-state index contributed by atoms with van der Waals surface area (Å²) in [5.74, 6) is 0.672. The third kappa shape index (κ3) is 2.30. The van der Waals surface area contributed by atoms with Crippen LogP contribution < -0.4 is 5.56 Å². The van der Waals surface area contributed by atoms with Gasteiger partial charge in [0.15, 0.2) is 0 Å². The Morgan fingerprint density at radius 1 is 1.21 bits per heavy atom. The summed E-state index contributed by atoms with van der Waals surface area (Å²) in [7, 11) is 0. The number of aromatic nitrogens is 3. The van der Waals surface area contributed by atoms with Crippen molar-refractivity contribution in [1.82, 2.24) is 15.0 Å². The lowest BCUT2D eigenvalue weighted by Gasteiger charge is -2.09. The minimum Gasteiger partial charge on any atom is -0.306 e. The van der Waals surface area contributed by atoms with Gasteiger partial charge in [0, 0.05) is 23.5 Å². The van der Waals surface area contributed by atoms with E-state index in [2.05, 4.69) is 15.0 Å². The van der Waals surface area contributed by atoms with Crippen LogP contribution in [-0.4, -0.2) is 15.0 Å². The highest BCUT2D eigenvalue weighted by Crippen LogP contribution is 2.21. The van der Waals surface area contributed by atoms with Crippen molar-refractivity contribution in [3.8, 4) is 11.4 Å². The average molecular weight is 255 g/mol. The van der Waals surface area contributed by atoms with Gasteiger partial charge in [-0.05, 0) is 44.2 Å².